The van der Waals surface area contributed by atoms with Gasteiger partial charge in [-0.05, 0) is 25.5 Å². The van der Waals surface area contributed by atoms with Gasteiger partial charge < -0.3 is 20.3 Å². The molecule has 1 fully saturated rings. The molecule has 2 rings (SSSR count). The molecule has 1 aliphatic rings. The van der Waals surface area contributed by atoms with Crippen molar-refractivity contribution in [2.45, 2.75) is 26.5 Å². The van der Waals surface area contributed by atoms with Gasteiger partial charge in [-0.1, -0.05) is 6.07 Å². The number of hydrogen-bond donors (Lipinski definition) is 2. The molecule has 23 heavy (non-hydrogen) atoms. The summed E-state index contributed by atoms with van der Waals surface area (Å²) in [6.07, 6.45) is 1.43. The van der Waals surface area contributed by atoms with Gasteiger partial charge in [0.15, 0.2) is 0 Å². The largest absolute Gasteiger partial charge is 0.366 e. The number of aromatic nitrogens is 1. The number of nitrogens with one attached hydrogen (secondary N) is 2. The van der Waals surface area contributed by atoms with Crippen molar-refractivity contribution in [1.82, 2.24) is 15.6 Å². The minimum atomic E-state index is -0.387. The molecule has 8 heteroatoms. The van der Waals surface area contributed by atoms with Gasteiger partial charge in [0.1, 0.15) is 11.9 Å². The van der Waals surface area contributed by atoms with Crippen molar-refractivity contribution in [2.75, 3.05) is 37.7 Å². The van der Waals surface area contributed by atoms with Crippen LogP contribution >= 0.6 is 24.8 Å². The number of halogens is 2. The number of anilines is 1. The molecule has 0 spiro atoms. The normalized spacial score (nSPS) is 16.7. The molecule has 0 bridgehead atoms. The lowest BCUT2D eigenvalue weighted by molar-refractivity contribution is -0.134. The van der Waals surface area contributed by atoms with E-state index in [1.54, 1.807) is 0 Å². The van der Waals surface area contributed by atoms with Crippen molar-refractivity contribution in [2.24, 2.45) is 0 Å². The fraction of sp³-hybridized carbons (Fsp3) is 0.600. The Hall–Kier alpha value is -1.08. The third-order valence-electron chi connectivity index (χ3n) is 3.58. The van der Waals surface area contributed by atoms with Crippen LogP contribution in [0.1, 0.15) is 19.4 Å². The molecule has 1 aromatic heterocycles. The van der Waals surface area contributed by atoms with Crippen LogP contribution in [0, 0.1) is 0 Å². The van der Waals surface area contributed by atoms with E-state index in [4.69, 9.17) is 4.74 Å². The standard InChI is InChI=1S/C15H24N4O2.2ClH/c1-3-19(4-2)14-6-5-12(9-17-14)10-18-15(20)13-11-16-7-8-21-13;;/h5-6,9,13,16H,3-4,7-8,10-11H2,1-2H3,(H,18,20);2*1H. The van der Waals surface area contributed by atoms with Crippen LogP contribution in [0.2, 0.25) is 0 Å². The van der Waals surface area contributed by atoms with Crippen LogP contribution in [0.3, 0.4) is 0 Å². The lowest BCUT2D eigenvalue weighted by Gasteiger charge is -2.23. The number of pyridine rings is 1. The molecule has 1 atom stereocenters. The maximum atomic E-state index is 11.9. The Morgan fingerprint density at radius 2 is 2.13 bits per heavy atom. The highest BCUT2D eigenvalue weighted by molar-refractivity contribution is 5.85. The number of hydrogen-bond acceptors (Lipinski definition) is 5. The maximum absolute atomic E-state index is 11.9. The van der Waals surface area contributed by atoms with Gasteiger partial charge >= 0.3 is 0 Å². The minimum Gasteiger partial charge on any atom is -0.366 e. The van der Waals surface area contributed by atoms with Crippen LogP contribution < -0.4 is 15.5 Å². The van der Waals surface area contributed by atoms with Crippen LogP contribution in [0.5, 0.6) is 0 Å². The van der Waals surface area contributed by atoms with Crippen LogP contribution in [0.25, 0.3) is 0 Å². The molecule has 0 aromatic carbocycles. The number of ether oxygens (including phenoxy) is 1. The first-order valence-corrected chi connectivity index (χ1v) is 7.54. The SMILES string of the molecule is CCN(CC)c1ccc(CNC(=O)C2CNCCO2)cn1.Cl.Cl. The Morgan fingerprint density at radius 3 is 2.65 bits per heavy atom. The molecule has 6 nitrogen and oxygen atoms in total. The summed E-state index contributed by atoms with van der Waals surface area (Å²) in [6, 6.07) is 3.99. The second-order valence-electron chi connectivity index (χ2n) is 4.98. The molecule has 132 valence electrons. The summed E-state index contributed by atoms with van der Waals surface area (Å²) in [6.45, 7) is 8.53. The maximum Gasteiger partial charge on any atom is 0.250 e. The van der Waals surface area contributed by atoms with Crippen LogP contribution in [-0.2, 0) is 16.1 Å². The summed E-state index contributed by atoms with van der Waals surface area (Å²) in [5.41, 5.74) is 0.989. The van der Waals surface area contributed by atoms with Gasteiger partial charge in [-0.2, -0.15) is 0 Å². The third kappa shape index (κ3) is 6.51. The van der Waals surface area contributed by atoms with E-state index in [-0.39, 0.29) is 36.8 Å². The van der Waals surface area contributed by atoms with E-state index >= 15 is 0 Å². The van der Waals surface area contributed by atoms with Crippen molar-refractivity contribution in [3.8, 4) is 0 Å². The smallest absolute Gasteiger partial charge is 0.250 e. The zero-order chi connectivity index (χ0) is 15.1. The van der Waals surface area contributed by atoms with Crippen molar-refractivity contribution in [3.05, 3.63) is 23.9 Å². The molecular formula is C15H26Cl2N4O2. The topological polar surface area (TPSA) is 66.5 Å². The number of amides is 1. The molecule has 1 aliphatic heterocycles. The van der Waals surface area contributed by atoms with Crippen LogP contribution in [-0.4, -0.2) is 49.8 Å². The van der Waals surface area contributed by atoms with E-state index in [1.165, 1.54) is 0 Å². The van der Waals surface area contributed by atoms with E-state index < -0.39 is 0 Å². The Balaban J connectivity index is 0.00000242. The van der Waals surface area contributed by atoms with Gasteiger partial charge in [0.2, 0.25) is 0 Å². The van der Waals surface area contributed by atoms with Gasteiger partial charge in [-0.25, -0.2) is 4.98 Å². The quantitative estimate of drug-likeness (QED) is 0.797. The first-order valence-electron chi connectivity index (χ1n) is 7.54. The summed E-state index contributed by atoms with van der Waals surface area (Å²) in [5, 5.41) is 6.03. The Kier molecular flexibility index (Phi) is 10.9. The highest BCUT2D eigenvalue weighted by Crippen LogP contribution is 2.10. The number of morpholine rings is 1. The molecular weight excluding hydrogens is 339 g/mol. The summed E-state index contributed by atoms with van der Waals surface area (Å²) in [4.78, 5) is 18.6. The second kappa shape index (κ2) is 11.5. The average Bonchev–Trinajstić information content (AvgIpc) is 2.55. The minimum absolute atomic E-state index is 0. The predicted octanol–water partition coefficient (Wildman–Crippen LogP) is 1.38. The van der Waals surface area contributed by atoms with Gasteiger partial charge in [0, 0.05) is 38.9 Å². The van der Waals surface area contributed by atoms with E-state index in [9.17, 15) is 4.79 Å². The van der Waals surface area contributed by atoms with Gasteiger partial charge in [0.05, 0.1) is 6.61 Å². The van der Waals surface area contributed by atoms with Gasteiger partial charge in [-0.15, -0.1) is 24.8 Å². The molecule has 2 heterocycles. The van der Waals surface area contributed by atoms with Crippen molar-refractivity contribution >= 4 is 36.5 Å². The molecule has 0 aliphatic carbocycles. The van der Waals surface area contributed by atoms with Gasteiger partial charge in [0.25, 0.3) is 5.91 Å². The summed E-state index contributed by atoms with van der Waals surface area (Å²) in [5.74, 6) is 0.893. The Bertz CT molecular complexity index is 449. The molecule has 0 saturated carbocycles. The lowest BCUT2D eigenvalue weighted by atomic mass is 10.2. The van der Waals surface area contributed by atoms with Gasteiger partial charge in [-0.3, -0.25) is 4.79 Å². The van der Waals surface area contributed by atoms with E-state index in [0.29, 0.717) is 19.7 Å². The zero-order valence-corrected chi connectivity index (χ0v) is 15.2. The lowest BCUT2D eigenvalue weighted by Crippen LogP contribution is -2.47. The predicted molar refractivity (Wildman–Crippen MR) is 96.8 cm³/mol. The van der Waals surface area contributed by atoms with Crippen molar-refractivity contribution in [3.63, 3.8) is 0 Å². The van der Waals surface area contributed by atoms with Crippen molar-refractivity contribution < 1.29 is 9.53 Å². The number of carbonyl (C=O) groups is 1. The zero-order valence-electron chi connectivity index (χ0n) is 13.6. The van der Waals surface area contributed by atoms with E-state index in [0.717, 1.165) is 31.0 Å². The third-order valence-corrected chi connectivity index (χ3v) is 3.58. The molecule has 1 aromatic rings. The molecule has 1 unspecified atom stereocenters. The highest BCUT2D eigenvalue weighted by Gasteiger charge is 2.21. The molecule has 0 radical (unpaired) electrons. The van der Waals surface area contributed by atoms with Crippen LogP contribution in [0.15, 0.2) is 18.3 Å². The molecule has 1 saturated heterocycles. The van der Waals surface area contributed by atoms with Crippen molar-refractivity contribution in [1.29, 1.82) is 0 Å². The summed E-state index contributed by atoms with van der Waals surface area (Å²) >= 11 is 0. The first-order chi connectivity index (χ1) is 10.2. The highest BCUT2D eigenvalue weighted by atomic mass is 35.5. The molecule has 2 N–H and O–H groups in total. The second-order valence-corrected chi connectivity index (χ2v) is 4.98. The van der Waals surface area contributed by atoms with E-state index in [1.807, 2.05) is 18.3 Å². The average molecular weight is 365 g/mol. The summed E-state index contributed by atoms with van der Waals surface area (Å²) in [7, 11) is 0. The number of rotatable bonds is 6. The number of carbonyl (C=O) groups excluding carboxylic acids is 1. The Labute approximate surface area is 150 Å². The summed E-state index contributed by atoms with van der Waals surface area (Å²) < 4.78 is 5.41. The Morgan fingerprint density at radius 1 is 1.39 bits per heavy atom. The fourth-order valence-electron chi connectivity index (χ4n) is 2.29. The molecule has 1 amide bonds. The van der Waals surface area contributed by atoms with E-state index in [2.05, 4.69) is 34.4 Å². The van der Waals surface area contributed by atoms with Crippen LogP contribution in [0.4, 0.5) is 5.82 Å². The first kappa shape index (κ1) is 21.9. The fourth-order valence-corrected chi connectivity index (χ4v) is 2.29. The number of nitrogens with zero attached hydrogens (tertiary/aromatic N) is 2. The monoisotopic (exact) mass is 364 g/mol.